The molecule has 3 heteroatoms. The number of rotatable bonds is 3. The summed E-state index contributed by atoms with van der Waals surface area (Å²) in [6, 6.07) is 17.9. The average Bonchev–Trinajstić information content (AvgIpc) is 2.63. The van der Waals surface area contributed by atoms with Crippen molar-refractivity contribution >= 4 is 5.69 Å². The fourth-order valence-electron chi connectivity index (χ4n) is 3.55. The SMILES string of the molecule is c1ccc2c(c1)CCN(c1ccc(CN3CCOCC3)cc1)C2. The molecule has 4 rings (SSSR count). The second-order valence-corrected chi connectivity index (χ2v) is 6.50. The maximum absolute atomic E-state index is 5.42. The predicted molar refractivity (Wildman–Crippen MR) is 93.7 cm³/mol. The molecule has 0 spiro atoms. The van der Waals surface area contributed by atoms with E-state index in [9.17, 15) is 0 Å². The van der Waals surface area contributed by atoms with Crippen LogP contribution < -0.4 is 4.90 Å². The molecule has 0 unspecified atom stereocenters. The smallest absolute Gasteiger partial charge is 0.0594 e. The normalized spacial score (nSPS) is 18.7. The molecule has 3 nitrogen and oxygen atoms in total. The summed E-state index contributed by atoms with van der Waals surface area (Å²) in [5.74, 6) is 0. The number of benzene rings is 2. The molecule has 0 aliphatic carbocycles. The summed E-state index contributed by atoms with van der Waals surface area (Å²) in [4.78, 5) is 4.95. The third kappa shape index (κ3) is 3.41. The third-order valence-corrected chi connectivity index (χ3v) is 4.94. The highest BCUT2D eigenvalue weighted by Gasteiger charge is 2.16. The molecule has 0 N–H and O–H groups in total. The molecule has 0 atom stereocenters. The van der Waals surface area contributed by atoms with Crippen molar-refractivity contribution in [1.29, 1.82) is 0 Å². The lowest BCUT2D eigenvalue weighted by Gasteiger charge is -2.31. The van der Waals surface area contributed by atoms with Crippen LogP contribution in [0.5, 0.6) is 0 Å². The van der Waals surface area contributed by atoms with Gasteiger partial charge in [-0.05, 0) is 35.2 Å². The number of fused-ring (bicyclic) bond motifs is 1. The fraction of sp³-hybridized carbons (Fsp3) is 0.400. The minimum atomic E-state index is 0.866. The van der Waals surface area contributed by atoms with Crippen molar-refractivity contribution in [3.63, 3.8) is 0 Å². The van der Waals surface area contributed by atoms with E-state index in [0.29, 0.717) is 0 Å². The molecular weight excluding hydrogens is 284 g/mol. The summed E-state index contributed by atoms with van der Waals surface area (Å²) in [5.41, 5.74) is 5.71. The van der Waals surface area contributed by atoms with Crippen LogP contribution in [0, 0.1) is 0 Å². The quantitative estimate of drug-likeness (QED) is 0.866. The van der Waals surface area contributed by atoms with Gasteiger partial charge < -0.3 is 9.64 Å². The van der Waals surface area contributed by atoms with Crippen LogP contribution in [0.3, 0.4) is 0 Å². The van der Waals surface area contributed by atoms with Crippen LogP contribution in [0.4, 0.5) is 5.69 Å². The molecule has 2 aliphatic heterocycles. The van der Waals surface area contributed by atoms with Crippen LogP contribution in [0.1, 0.15) is 16.7 Å². The van der Waals surface area contributed by atoms with E-state index < -0.39 is 0 Å². The zero-order chi connectivity index (χ0) is 15.5. The molecule has 1 saturated heterocycles. The van der Waals surface area contributed by atoms with Gasteiger partial charge in [0.1, 0.15) is 0 Å². The number of hydrogen-bond donors (Lipinski definition) is 0. The maximum Gasteiger partial charge on any atom is 0.0594 e. The summed E-state index contributed by atoms with van der Waals surface area (Å²) < 4.78 is 5.42. The van der Waals surface area contributed by atoms with Crippen LogP contribution in [0.25, 0.3) is 0 Å². The predicted octanol–water partition coefficient (Wildman–Crippen LogP) is 3.08. The Morgan fingerprint density at radius 2 is 1.57 bits per heavy atom. The lowest BCUT2D eigenvalue weighted by Crippen LogP contribution is -2.35. The Balaban J connectivity index is 1.42. The molecule has 23 heavy (non-hydrogen) atoms. The van der Waals surface area contributed by atoms with Gasteiger partial charge in [0.2, 0.25) is 0 Å². The molecule has 2 aliphatic rings. The molecule has 0 amide bonds. The first-order chi connectivity index (χ1) is 11.4. The number of ether oxygens (including phenoxy) is 1. The highest BCUT2D eigenvalue weighted by atomic mass is 16.5. The fourth-order valence-corrected chi connectivity index (χ4v) is 3.55. The van der Waals surface area contributed by atoms with Crippen LogP contribution in [0.2, 0.25) is 0 Å². The monoisotopic (exact) mass is 308 g/mol. The molecule has 2 aromatic carbocycles. The summed E-state index contributed by atoms with van der Waals surface area (Å²) in [5, 5.41) is 0. The van der Waals surface area contributed by atoms with Crippen molar-refractivity contribution in [2.45, 2.75) is 19.5 Å². The van der Waals surface area contributed by atoms with Gasteiger partial charge in [-0.1, -0.05) is 36.4 Å². The van der Waals surface area contributed by atoms with E-state index in [0.717, 1.165) is 52.4 Å². The van der Waals surface area contributed by atoms with Gasteiger partial charge in [0.25, 0.3) is 0 Å². The van der Waals surface area contributed by atoms with E-state index >= 15 is 0 Å². The Morgan fingerprint density at radius 1 is 0.826 bits per heavy atom. The number of morpholine rings is 1. The van der Waals surface area contributed by atoms with Gasteiger partial charge in [0.15, 0.2) is 0 Å². The molecule has 120 valence electrons. The van der Waals surface area contributed by atoms with Gasteiger partial charge >= 0.3 is 0 Å². The standard InChI is InChI=1S/C20H24N2O/c1-2-4-19-16-22(10-9-18(19)3-1)20-7-5-17(6-8-20)15-21-11-13-23-14-12-21/h1-8H,9-16H2. The minimum absolute atomic E-state index is 0.866. The van der Waals surface area contributed by atoms with Crippen molar-refractivity contribution in [3.05, 3.63) is 65.2 Å². The van der Waals surface area contributed by atoms with Crippen LogP contribution in [-0.2, 0) is 24.2 Å². The van der Waals surface area contributed by atoms with E-state index in [1.54, 1.807) is 0 Å². The largest absolute Gasteiger partial charge is 0.379 e. The van der Waals surface area contributed by atoms with E-state index in [1.807, 2.05) is 0 Å². The lowest BCUT2D eigenvalue weighted by molar-refractivity contribution is 0.0342. The summed E-state index contributed by atoms with van der Waals surface area (Å²) >= 11 is 0. The van der Waals surface area contributed by atoms with Crippen molar-refractivity contribution in [2.75, 3.05) is 37.7 Å². The van der Waals surface area contributed by atoms with E-state index in [-0.39, 0.29) is 0 Å². The summed E-state index contributed by atoms with van der Waals surface area (Å²) in [6.07, 6.45) is 1.14. The molecule has 0 bridgehead atoms. The Bertz CT molecular complexity index is 647. The first-order valence-corrected chi connectivity index (χ1v) is 8.59. The van der Waals surface area contributed by atoms with Crippen LogP contribution in [0.15, 0.2) is 48.5 Å². The van der Waals surface area contributed by atoms with Crippen LogP contribution >= 0.6 is 0 Å². The van der Waals surface area contributed by atoms with Gasteiger partial charge in [-0.3, -0.25) is 4.90 Å². The van der Waals surface area contributed by atoms with Crippen molar-refractivity contribution in [3.8, 4) is 0 Å². The molecular formula is C20H24N2O. The molecule has 2 heterocycles. The summed E-state index contributed by atoms with van der Waals surface area (Å²) in [6.45, 7) is 7.00. The zero-order valence-corrected chi connectivity index (χ0v) is 13.6. The highest BCUT2D eigenvalue weighted by molar-refractivity contribution is 5.50. The average molecular weight is 308 g/mol. The molecule has 0 saturated carbocycles. The van der Waals surface area contributed by atoms with E-state index in [4.69, 9.17) is 4.74 Å². The molecule has 0 aromatic heterocycles. The van der Waals surface area contributed by atoms with Gasteiger partial charge in [-0.15, -0.1) is 0 Å². The van der Waals surface area contributed by atoms with Gasteiger partial charge in [0.05, 0.1) is 13.2 Å². The summed E-state index contributed by atoms with van der Waals surface area (Å²) in [7, 11) is 0. The Labute approximate surface area is 138 Å². The second-order valence-electron chi connectivity index (χ2n) is 6.50. The lowest BCUT2D eigenvalue weighted by atomic mass is 9.99. The first-order valence-electron chi connectivity index (χ1n) is 8.59. The van der Waals surface area contributed by atoms with Gasteiger partial charge in [-0.2, -0.15) is 0 Å². The molecule has 2 aromatic rings. The van der Waals surface area contributed by atoms with Crippen molar-refractivity contribution in [2.24, 2.45) is 0 Å². The van der Waals surface area contributed by atoms with Crippen molar-refractivity contribution in [1.82, 2.24) is 4.90 Å². The third-order valence-electron chi connectivity index (χ3n) is 4.94. The zero-order valence-electron chi connectivity index (χ0n) is 13.6. The maximum atomic E-state index is 5.42. The van der Waals surface area contributed by atoms with Crippen LogP contribution in [-0.4, -0.2) is 37.7 Å². The Hall–Kier alpha value is -1.84. The Morgan fingerprint density at radius 3 is 2.35 bits per heavy atom. The van der Waals surface area contributed by atoms with E-state index in [2.05, 4.69) is 58.3 Å². The number of hydrogen-bond acceptors (Lipinski definition) is 3. The topological polar surface area (TPSA) is 15.7 Å². The highest BCUT2D eigenvalue weighted by Crippen LogP contribution is 2.24. The van der Waals surface area contributed by atoms with Gasteiger partial charge in [-0.25, -0.2) is 0 Å². The second kappa shape index (κ2) is 6.73. The minimum Gasteiger partial charge on any atom is -0.379 e. The number of nitrogens with zero attached hydrogens (tertiary/aromatic N) is 2. The van der Waals surface area contributed by atoms with Crippen molar-refractivity contribution < 1.29 is 4.74 Å². The Kier molecular flexibility index (Phi) is 4.31. The molecule has 0 radical (unpaired) electrons. The first kappa shape index (κ1) is 14.7. The van der Waals surface area contributed by atoms with E-state index in [1.165, 1.54) is 22.4 Å². The number of anilines is 1. The van der Waals surface area contributed by atoms with Gasteiger partial charge in [0, 0.05) is 38.4 Å². The molecule has 1 fully saturated rings.